The average molecular weight is 354 g/mol. The van der Waals surface area contributed by atoms with Crippen molar-refractivity contribution in [1.29, 1.82) is 0 Å². The minimum Gasteiger partial charge on any atom is -0.345 e. The molecule has 0 radical (unpaired) electrons. The summed E-state index contributed by atoms with van der Waals surface area (Å²) in [7, 11) is 0. The summed E-state index contributed by atoms with van der Waals surface area (Å²) >= 11 is 3.38. The molecule has 3 aromatic carbocycles. The van der Waals surface area contributed by atoms with Crippen LogP contribution in [0, 0.1) is 0 Å². The van der Waals surface area contributed by atoms with Gasteiger partial charge in [0.05, 0.1) is 6.04 Å². The molecule has 3 rings (SSSR count). The molecule has 1 atom stereocenters. The first kappa shape index (κ1) is 14.8. The molecule has 0 heterocycles. The maximum absolute atomic E-state index is 12.3. The average Bonchev–Trinajstić information content (AvgIpc) is 2.54. The minimum atomic E-state index is -0.0621. The van der Waals surface area contributed by atoms with Crippen LogP contribution in [0.15, 0.2) is 71.2 Å². The summed E-state index contributed by atoms with van der Waals surface area (Å²) in [5, 5.41) is 5.43. The highest BCUT2D eigenvalue weighted by molar-refractivity contribution is 9.10. The zero-order chi connectivity index (χ0) is 15.5. The Hall–Kier alpha value is -2.13. The summed E-state index contributed by atoms with van der Waals surface area (Å²) in [6.07, 6.45) is 0. The van der Waals surface area contributed by atoms with Crippen molar-refractivity contribution in [2.24, 2.45) is 0 Å². The maximum atomic E-state index is 12.3. The van der Waals surface area contributed by atoms with E-state index in [1.165, 1.54) is 10.8 Å². The molecule has 0 aliphatic heterocycles. The number of fused-ring (bicyclic) bond motifs is 1. The highest BCUT2D eigenvalue weighted by atomic mass is 79.9. The van der Waals surface area contributed by atoms with Crippen LogP contribution in [0.2, 0.25) is 0 Å². The van der Waals surface area contributed by atoms with Crippen LogP contribution in [0.25, 0.3) is 10.8 Å². The second-order valence-corrected chi connectivity index (χ2v) is 6.19. The van der Waals surface area contributed by atoms with Crippen molar-refractivity contribution in [1.82, 2.24) is 5.32 Å². The fraction of sp³-hybridized carbons (Fsp3) is 0.105. The number of benzene rings is 3. The number of hydrogen-bond acceptors (Lipinski definition) is 1. The molecule has 0 saturated carbocycles. The monoisotopic (exact) mass is 353 g/mol. The molecule has 0 aromatic heterocycles. The number of carbonyl (C=O) groups is 1. The molecular formula is C19H16BrNO. The highest BCUT2D eigenvalue weighted by Crippen LogP contribution is 2.24. The summed E-state index contributed by atoms with van der Waals surface area (Å²) < 4.78 is 0.964. The Kier molecular flexibility index (Phi) is 4.25. The molecule has 0 spiro atoms. The molecule has 3 aromatic rings. The van der Waals surface area contributed by atoms with Crippen LogP contribution in [0.5, 0.6) is 0 Å². The quantitative estimate of drug-likeness (QED) is 0.697. The number of carbonyl (C=O) groups excluding carboxylic acids is 1. The predicted octanol–water partition coefficient (Wildman–Crippen LogP) is 5.09. The van der Waals surface area contributed by atoms with E-state index in [-0.39, 0.29) is 11.9 Å². The van der Waals surface area contributed by atoms with Gasteiger partial charge in [-0.25, -0.2) is 0 Å². The summed E-state index contributed by atoms with van der Waals surface area (Å²) in [6, 6.07) is 21.7. The van der Waals surface area contributed by atoms with E-state index >= 15 is 0 Å². The third kappa shape index (κ3) is 3.04. The van der Waals surface area contributed by atoms with Crippen LogP contribution in [-0.4, -0.2) is 5.91 Å². The van der Waals surface area contributed by atoms with Crippen LogP contribution in [0.1, 0.15) is 28.9 Å². The van der Waals surface area contributed by atoms with Crippen molar-refractivity contribution in [2.75, 3.05) is 0 Å². The van der Waals surface area contributed by atoms with Crippen LogP contribution in [0.3, 0.4) is 0 Å². The standard InChI is InChI=1S/C19H16BrNO/c1-13(21-19(22)15-9-11-16(20)12-10-15)17-8-4-6-14-5-2-3-7-18(14)17/h2-13H,1H3,(H,21,22)/t13-/m0/s1. The number of hydrogen-bond donors (Lipinski definition) is 1. The fourth-order valence-corrected chi connectivity index (χ4v) is 2.85. The van der Waals surface area contributed by atoms with Crippen LogP contribution >= 0.6 is 15.9 Å². The second-order valence-electron chi connectivity index (χ2n) is 5.27. The Balaban J connectivity index is 1.85. The second kappa shape index (κ2) is 6.32. The van der Waals surface area contributed by atoms with E-state index in [1.807, 2.05) is 49.4 Å². The lowest BCUT2D eigenvalue weighted by Crippen LogP contribution is -2.26. The van der Waals surface area contributed by atoms with Gasteiger partial charge in [-0.3, -0.25) is 4.79 Å². The van der Waals surface area contributed by atoms with Crippen molar-refractivity contribution in [3.63, 3.8) is 0 Å². The van der Waals surface area contributed by atoms with Gasteiger partial charge in [-0.05, 0) is 47.5 Å². The molecule has 0 bridgehead atoms. The molecule has 0 fully saturated rings. The van der Waals surface area contributed by atoms with Crippen molar-refractivity contribution < 1.29 is 4.79 Å². The number of amides is 1. The van der Waals surface area contributed by atoms with Gasteiger partial charge in [0.25, 0.3) is 5.91 Å². The molecule has 2 nitrogen and oxygen atoms in total. The van der Waals surface area contributed by atoms with E-state index in [9.17, 15) is 4.79 Å². The summed E-state index contributed by atoms with van der Waals surface area (Å²) in [4.78, 5) is 12.3. The topological polar surface area (TPSA) is 29.1 Å². The largest absolute Gasteiger partial charge is 0.345 e. The number of nitrogens with one attached hydrogen (secondary N) is 1. The first-order chi connectivity index (χ1) is 10.6. The smallest absolute Gasteiger partial charge is 0.251 e. The lowest BCUT2D eigenvalue weighted by Gasteiger charge is -2.16. The Morgan fingerprint density at radius 3 is 2.41 bits per heavy atom. The van der Waals surface area contributed by atoms with Crippen molar-refractivity contribution in [3.05, 3.63) is 82.3 Å². The van der Waals surface area contributed by atoms with Crippen LogP contribution in [0.4, 0.5) is 0 Å². The normalized spacial score (nSPS) is 12.1. The van der Waals surface area contributed by atoms with Crippen LogP contribution in [-0.2, 0) is 0 Å². The van der Waals surface area contributed by atoms with Gasteiger partial charge >= 0.3 is 0 Å². The Labute approximate surface area is 138 Å². The van der Waals surface area contributed by atoms with Gasteiger partial charge in [-0.2, -0.15) is 0 Å². The van der Waals surface area contributed by atoms with E-state index in [0.29, 0.717) is 5.56 Å². The third-order valence-electron chi connectivity index (χ3n) is 3.74. The molecule has 0 unspecified atom stereocenters. The maximum Gasteiger partial charge on any atom is 0.251 e. The van der Waals surface area contributed by atoms with Gasteiger partial charge in [-0.1, -0.05) is 58.4 Å². The van der Waals surface area contributed by atoms with Gasteiger partial charge in [-0.15, -0.1) is 0 Å². The Bertz CT molecular complexity index is 806. The molecule has 0 aliphatic carbocycles. The fourth-order valence-electron chi connectivity index (χ4n) is 2.59. The molecule has 22 heavy (non-hydrogen) atoms. The zero-order valence-corrected chi connectivity index (χ0v) is 13.8. The number of halogens is 1. The molecule has 1 N–H and O–H groups in total. The highest BCUT2D eigenvalue weighted by Gasteiger charge is 2.13. The van der Waals surface area contributed by atoms with Gasteiger partial charge in [0.15, 0.2) is 0 Å². The van der Waals surface area contributed by atoms with E-state index in [1.54, 1.807) is 0 Å². The van der Waals surface area contributed by atoms with Crippen molar-refractivity contribution in [2.45, 2.75) is 13.0 Å². The molecule has 110 valence electrons. The lowest BCUT2D eigenvalue weighted by molar-refractivity contribution is 0.0940. The minimum absolute atomic E-state index is 0.0535. The summed E-state index contributed by atoms with van der Waals surface area (Å²) in [5.41, 5.74) is 1.79. The van der Waals surface area contributed by atoms with E-state index in [4.69, 9.17) is 0 Å². The number of rotatable bonds is 3. The zero-order valence-electron chi connectivity index (χ0n) is 12.2. The van der Waals surface area contributed by atoms with E-state index < -0.39 is 0 Å². The Morgan fingerprint density at radius 1 is 0.955 bits per heavy atom. The van der Waals surface area contributed by atoms with Gasteiger partial charge < -0.3 is 5.32 Å². The SMILES string of the molecule is C[C@H](NC(=O)c1ccc(Br)cc1)c1cccc2ccccc12. The molecular weight excluding hydrogens is 338 g/mol. The van der Waals surface area contributed by atoms with Gasteiger partial charge in [0.1, 0.15) is 0 Å². The van der Waals surface area contributed by atoms with E-state index in [2.05, 4.69) is 45.5 Å². The molecule has 0 saturated heterocycles. The lowest BCUT2D eigenvalue weighted by atomic mass is 9.99. The van der Waals surface area contributed by atoms with Crippen molar-refractivity contribution in [3.8, 4) is 0 Å². The predicted molar refractivity (Wildman–Crippen MR) is 94.0 cm³/mol. The van der Waals surface area contributed by atoms with Crippen molar-refractivity contribution >= 4 is 32.6 Å². The third-order valence-corrected chi connectivity index (χ3v) is 4.27. The molecule has 3 heteroatoms. The van der Waals surface area contributed by atoms with Crippen LogP contribution < -0.4 is 5.32 Å². The molecule has 1 amide bonds. The first-order valence-corrected chi connectivity index (χ1v) is 7.98. The summed E-state index contributed by atoms with van der Waals surface area (Å²) in [6.45, 7) is 2.01. The van der Waals surface area contributed by atoms with Gasteiger partial charge in [0, 0.05) is 10.0 Å². The first-order valence-electron chi connectivity index (χ1n) is 7.19. The molecule has 0 aliphatic rings. The van der Waals surface area contributed by atoms with Gasteiger partial charge in [0.2, 0.25) is 0 Å². The van der Waals surface area contributed by atoms with E-state index in [0.717, 1.165) is 10.0 Å². The summed E-state index contributed by atoms with van der Waals surface area (Å²) in [5.74, 6) is -0.0621. The Morgan fingerprint density at radius 2 is 1.64 bits per heavy atom.